The largest absolute Gasteiger partial charge is 0.388 e. The number of hydrogen-bond acceptors (Lipinski definition) is 3. The first-order chi connectivity index (χ1) is 10.8. The Morgan fingerprint density at radius 3 is 2.78 bits per heavy atom. The van der Waals surface area contributed by atoms with Crippen LogP contribution in [0.1, 0.15) is 31.4 Å². The first-order valence-corrected chi connectivity index (χ1v) is 7.96. The average molecular weight is 345 g/mol. The maximum atomic E-state index is 13.9. The van der Waals surface area contributed by atoms with Crippen LogP contribution in [0.25, 0.3) is 0 Å². The second-order valence-corrected chi connectivity index (χ2v) is 6.41. The van der Waals surface area contributed by atoms with Crippen molar-refractivity contribution in [2.75, 3.05) is 26.8 Å². The molecule has 1 aromatic rings. The zero-order chi connectivity index (χ0) is 17.0. The summed E-state index contributed by atoms with van der Waals surface area (Å²) in [6.07, 6.45) is 0.971. The molecule has 7 heteroatoms. The number of aliphatic hydroxyl groups is 1. The molecule has 0 aromatic heterocycles. The van der Waals surface area contributed by atoms with E-state index in [9.17, 15) is 14.3 Å². The molecule has 1 aromatic carbocycles. The number of nitrogens with zero attached hydrogens (tertiary/aromatic N) is 1. The molecule has 0 bridgehead atoms. The number of likely N-dealkylation sites (N-methyl/N-ethyl adjacent to an activating group) is 1. The second kappa shape index (κ2) is 7.47. The summed E-state index contributed by atoms with van der Waals surface area (Å²) in [4.78, 5) is 13.7. The smallest absolute Gasteiger partial charge is 0.317 e. The molecule has 0 radical (unpaired) electrons. The molecular formula is C16H22ClFN2O3. The third kappa shape index (κ3) is 4.56. The summed E-state index contributed by atoms with van der Waals surface area (Å²) < 4.78 is 19.1. The van der Waals surface area contributed by atoms with Crippen LogP contribution in [0.5, 0.6) is 0 Å². The van der Waals surface area contributed by atoms with Crippen LogP contribution in [-0.4, -0.2) is 48.4 Å². The summed E-state index contributed by atoms with van der Waals surface area (Å²) in [7, 11) is 1.60. The van der Waals surface area contributed by atoms with E-state index in [1.807, 2.05) is 0 Å². The molecule has 0 spiro atoms. The molecule has 1 atom stereocenters. The van der Waals surface area contributed by atoms with Gasteiger partial charge >= 0.3 is 6.03 Å². The van der Waals surface area contributed by atoms with Gasteiger partial charge in [0, 0.05) is 43.7 Å². The number of carbonyl (C=O) groups excluding carboxylic acids is 1. The lowest BCUT2D eigenvalue weighted by molar-refractivity contribution is -0.0723. The van der Waals surface area contributed by atoms with Gasteiger partial charge in [-0.1, -0.05) is 17.7 Å². The van der Waals surface area contributed by atoms with E-state index in [-0.39, 0.29) is 17.1 Å². The number of benzene rings is 1. The monoisotopic (exact) mass is 344 g/mol. The minimum absolute atomic E-state index is 0.194. The Labute approximate surface area is 140 Å². The van der Waals surface area contributed by atoms with Crippen molar-refractivity contribution < 1.29 is 19.0 Å². The van der Waals surface area contributed by atoms with Crippen molar-refractivity contribution in [3.8, 4) is 0 Å². The number of rotatable bonds is 4. The molecule has 1 saturated heterocycles. The first-order valence-electron chi connectivity index (χ1n) is 7.58. The zero-order valence-corrected chi connectivity index (χ0v) is 14.1. The van der Waals surface area contributed by atoms with Gasteiger partial charge in [-0.05, 0) is 19.1 Å². The lowest BCUT2D eigenvalue weighted by Gasteiger charge is -2.35. The number of halogens is 2. The van der Waals surface area contributed by atoms with Gasteiger partial charge in [0.05, 0.1) is 18.2 Å². The zero-order valence-electron chi connectivity index (χ0n) is 13.3. The standard InChI is InChI=1S/C16H22ClFN2O3/c1-11(14-12(17)4-3-5-13(14)18)19-15(21)20(2)10-16(22)6-8-23-9-7-16/h3-5,11,22H,6-10H2,1-2H3,(H,19,21)/t11-/m0/s1. The highest BCUT2D eigenvalue weighted by atomic mass is 35.5. The van der Waals surface area contributed by atoms with Crippen molar-refractivity contribution in [2.24, 2.45) is 0 Å². The first kappa shape index (κ1) is 18.0. The number of urea groups is 1. The predicted molar refractivity (Wildman–Crippen MR) is 86.0 cm³/mol. The van der Waals surface area contributed by atoms with Crippen LogP contribution in [0.4, 0.5) is 9.18 Å². The molecule has 5 nitrogen and oxygen atoms in total. The van der Waals surface area contributed by atoms with E-state index in [4.69, 9.17) is 16.3 Å². The minimum Gasteiger partial charge on any atom is -0.388 e. The molecule has 1 aliphatic rings. The van der Waals surface area contributed by atoms with Gasteiger partial charge < -0.3 is 20.1 Å². The molecular weight excluding hydrogens is 323 g/mol. The Kier molecular flexibility index (Phi) is 5.84. The van der Waals surface area contributed by atoms with E-state index in [1.54, 1.807) is 20.0 Å². The number of amides is 2. The molecule has 1 aliphatic heterocycles. The Morgan fingerprint density at radius 2 is 2.17 bits per heavy atom. The van der Waals surface area contributed by atoms with Crippen molar-refractivity contribution in [1.29, 1.82) is 0 Å². The molecule has 2 amide bonds. The van der Waals surface area contributed by atoms with Gasteiger partial charge in [0.15, 0.2) is 0 Å². The average Bonchev–Trinajstić information content (AvgIpc) is 2.47. The summed E-state index contributed by atoms with van der Waals surface area (Å²) in [6.45, 7) is 2.82. The fourth-order valence-electron chi connectivity index (χ4n) is 2.71. The summed E-state index contributed by atoms with van der Waals surface area (Å²) >= 11 is 6.01. The number of carbonyl (C=O) groups is 1. The Morgan fingerprint density at radius 1 is 1.52 bits per heavy atom. The fourth-order valence-corrected chi connectivity index (χ4v) is 3.04. The van der Waals surface area contributed by atoms with Gasteiger partial charge in [0.2, 0.25) is 0 Å². The van der Waals surface area contributed by atoms with E-state index in [2.05, 4.69) is 5.32 Å². The quantitative estimate of drug-likeness (QED) is 0.882. The summed E-state index contributed by atoms with van der Waals surface area (Å²) in [5, 5.41) is 13.4. The van der Waals surface area contributed by atoms with Crippen LogP contribution in [0.15, 0.2) is 18.2 Å². The van der Waals surface area contributed by atoms with Crippen molar-refractivity contribution in [3.05, 3.63) is 34.6 Å². The van der Waals surface area contributed by atoms with Crippen LogP contribution in [-0.2, 0) is 4.74 Å². The highest BCUT2D eigenvalue weighted by molar-refractivity contribution is 6.31. The summed E-state index contributed by atoms with van der Waals surface area (Å²) in [5.74, 6) is -0.462. The van der Waals surface area contributed by atoms with Crippen molar-refractivity contribution >= 4 is 17.6 Å². The maximum absolute atomic E-state index is 13.9. The van der Waals surface area contributed by atoms with Crippen LogP contribution in [0, 0.1) is 5.82 Å². The Bertz CT molecular complexity index is 544. The molecule has 1 heterocycles. The minimum atomic E-state index is -0.941. The molecule has 128 valence electrons. The molecule has 23 heavy (non-hydrogen) atoms. The molecule has 0 aliphatic carbocycles. The van der Waals surface area contributed by atoms with Crippen LogP contribution < -0.4 is 5.32 Å². The van der Waals surface area contributed by atoms with E-state index in [1.165, 1.54) is 17.0 Å². The highest BCUT2D eigenvalue weighted by Gasteiger charge is 2.32. The Hall–Kier alpha value is -1.37. The van der Waals surface area contributed by atoms with Gasteiger partial charge in [-0.3, -0.25) is 0 Å². The topological polar surface area (TPSA) is 61.8 Å². The summed E-state index contributed by atoms with van der Waals surface area (Å²) in [6, 6.07) is 3.43. The lowest BCUT2D eigenvalue weighted by Crippen LogP contribution is -2.50. The highest BCUT2D eigenvalue weighted by Crippen LogP contribution is 2.26. The predicted octanol–water partition coefficient (Wildman–Crippen LogP) is 2.72. The molecule has 0 saturated carbocycles. The second-order valence-electron chi connectivity index (χ2n) is 6.00. The normalized spacial score (nSPS) is 18.3. The van der Waals surface area contributed by atoms with Crippen LogP contribution in [0.2, 0.25) is 5.02 Å². The third-order valence-electron chi connectivity index (χ3n) is 4.07. The van der Waals surface area contributed by atoms with E-state index in [0.29, 0.717) is 26.1 Å². The van der Waals surface area contributed by atoms with E-state index in [0.717, 1.165) is 0 Å². The number of hydrogen-bond donors (Lipinski definition) is 2. The molecule has 2 rings (SSSR count). The fraction of sp³-hybridized carbons (Fsp3) is 0.562. The van der Waals surface area contributed by atoms with E-state index < -0.39 is 23.5 Å². The van der Waals surface area contributed by atoms with Gasteiger partial charge in [-0.2, -0.15) is 0 Å². The molecule has 0 unspecified atom stereocenters. The summed E-state index contributed by atoms with van der Waals surface area (Å²) in [5.41, 5.74) is -0.691. The van der Waals surface area contributed by atoms with Crippen molar-refractivity contribution in [2.45, 2.75) is 31.4 Å². The SMILES string of the molecule is C[C@H](NC(=O)N(C)CC1(O)CCOCC1)c1c(F)cccc1Cl. The van der Waals surface area contributed by atoms with Gasteiger partial charge in [0.1, 0.15) is 5.82 Å². The molecule has 2 N–H and O–H groups in total. The third-order valence-corrected chi connectivity index (χ3v) is 4.40. The maximum Gasteiger partial charge on any atom is 0.317 e. The number of nitrogens with one attached hydrogen (secondary N) is 1. The van der Waals surface area contributed by atoms with Gasteiger partial charge in [-0.15, -0.1) is 0 Å². The lowest BCUT2D eigenvalue weighted by atomic mass is 9.94. The van der Waals surface area contributed by atoms with Crippen LogP contribution >= 0.6 is 11.6 Å². The van der Waals surface area contributed by atoms with E-state index >= 15 is 0 Å². The number of ether oxygens (including phenoxy) is 1. The Balaban J connectivity index is 1.97. The molecule has 1 fully saturated rings. The van der Waals surface area contributed by atoms with Crippen molar-refractivity contribution in [1.82, 2.24) is 10.2 Å². The van der Waals surface area contributed by atoms with Gasteiger partial charge in [0.25, 0.3) is 0 Å². The van der Waals surface area contributed by atoms with Gasteiger partial charge in [-0.25, -0.2) is 9.18 Å². The van der Waals surface area contributed by atoms with Crippen LogP contribution in [0.3, 0.4) is 0 Å². The van der Waals surface area contributed by atoms with Crippen molar-refractivity contribution in [3.63, 3.8) is 0 Å².